The van der Waals surface area contributed by atoms with E-state index >= 15 is 0 Å². The molecule has 0 N–H and O–H groups in total. The molecule has 2 aromatic rings. The first-order valence-electron chi connectivity index (χ1n) is 11.8. The summed E-state index contributed by atoms with van der Waals surface area (Å²) in [6.07, 6.45) is 2.60. The van der Waals surface area contributed by atoms with Crippen LogP contribution in [0, 0.1) is 11.8 Å². The number of benzene rings is 2. The number of hydrogen-bond donors (Lipinski definition) is 0. The minimum atomic E-state index is 0.645. The molecule has 3 nitrogen and oxygen atoms in total. The molecule has 2 heterocycles. The van der Waals surface area contributed by atoms with E-state index in [-0.39, 0.29) is 0 Å². The lowest BCUT2D eigenvalue weighted by Gasteiger charge is -2.49. The highest BCUT2D eigenvalue weighted by Crippen LogP contribution is 2.29. The Morgan fingerprint density at radius 3 is 1.50 bits per heavy atom. The minimum Gasteiger partial charge on any atom is -0.298 e. The van der Waals surface area contributed by atoms with E-state index in [0.717, 1.165) is 24.9 Å². The predicted molar refractivity (Wildman–Crippen MR) is 126 cm³/mol. The first-order chi connectivity index (χ1) is 14.6. The van der Waals surface area contributed by atoms with Gasteiger partial charge in [0.05, 0.1) is 0 Å². The molecule has 3 heteroatoms. The highest BCUT2D eigenvalue weighted by atomic mass is 15.3. The molecule has 0 aromatic heterocycles. The van der Waals surface area contributed by atoms with Crippen molar-refractivity contribution < 1.29 is 0 Å². The van der Waals surface area contributed by atoms with Crippen molar-refractivity contribution in [2.75, 3.05) is 33.2 Å². The Morgan fingerprint density at radius 1 is 0.700 bits per heavy atom. The molecule has 4 atom stereocenters. The van der Waals surface area contributed by atoms with Gasteiger partial charge in [-0.1, -0.05) is 74.5 Å². The second kappa shape index (κ2) is 10.1. The van der Waals surface area contributed by atoms with Crippen LogP contribution < -0.4 is 0 Å². The summed E-state index contributed by atoms with van der Waals surface area (Å²) in [6, 6.07) is 23.2. The van der Waals surface area contributed by atoms with Gasteiger partial charge in [0.25, 0.3) is 0 Å². The van der Waals surface area contributed by atoms with Crippen molar-refractivity contribution in [3.05, 3.63) is 71.8 Å². The van der Waals surface area contributed by atoms with Gasteiger partial charge in [-0.05, 0) is 55.9 Å². The fourth-order valence-electron chi connectivity index (χ4n) is 5.51. The number of likely N-dealkylation sites (tertiary alicyclic amines) is 2. The van der Waals surface area contributed by atoms with Crippen LogP contribution in [-0.4, -0.2) is 60.0 Å². The van der Waals surface area contributed by atoms with E-state index < -0.39 is 0 Å². The van der Waals surface area contributed by atoms with E-state index in [2.05, 4.69) is 96.3 Å². The summed E-state index contributed by atoms with van der Waals surface area (Å²) in [5.41, 5.74) is 2.88. The Kier molecular flexibility index (Phi) is 7.24. The molecule has 2 aliphatic rings. The van der Waals surface area contributed by atoms with Crippen molar-refractivity contribution in [1.82, 2.24) is 14.7 Å². The topological polar surface area (TPSA) is 9.72 Å². The van der Waals surface area contributed by atoms with E-state index in [9.17, 15) is 0 Å². The van der Waals surface area contributed by atoms with E-state index in [4.69, 9.17) is 0 Å². The van der Waals surface area contributed by atoms with E-state index in [1.54, 1.807) is 0 Å². The van der Waals surface area contributed by atoms with Crippen molar-refractivity contribution in [3.63, 3.8) is 0 Å². The zero-order chi connectivity index (χ0) is 20.9. The maximum Gasteiger partial charge on any atom is 0.0249 e. The molecule has 30 heavy (non-hydrogen) atoms. The summed E-state index contributed by atoms with van der Waals surface area (Å²) < 4.78 is 0. The van der Waals surface area contributed by atoms with Crippen molar-refractivity contribution in [3.8, 4) is 0 Å². The van der Waals surface area contributed by atoms with E-state index in [1.165, 1.54) is 50.1 Å². The molecule has 2 saturated heterocycles. The van der Waals surface area contributed by atoms with Gasteiger partial charge in [-0.3, -0.25) is 14.7 Å². The predicted octanol–water partition coefficient (Wildman–Crippen LogP) is 4.74. The molecular formula is C27H39N3. The molecule has 2 aliphatic heterocycles. The summed E-state index contributed by atoms with van der Waals surface area (Å²) in [5, 5.41) is 0. The quantitative estimate of drug-likeness (QED) is 0.687. The van der Waals surface area contributed by atoms with Gasteiger partial charge in [-0.15, -0.1) is 0 Å². The SMILES string of the molecule is CC1CCN(Cc2ccccc2)CC1N(C)C1CN(Cc2ccccc2)CCC1C. The van der Waals surface area contributed by atoms with Crippen LogP contribution in [0.4, 0.5) is 0 Å². The van der Waals surface area contributed by atoms with Crippen molar-refractivity contribution in [2.45, 2.75) is 51.9 Å². The molecule has 0 bridgehead atoms. The summed E-state index contributed by atoms with van der Waals surface area (Å²) in [7, 11) is 2.40. The maximum absolute atomic E-state index is 2.75. The Morgan fingerprint density at radius 2 is 1.10 bits per heavy atom. The van der Waals surface area contributed by atoms with Gasteiger partial charge in [0.1, 0.15) is 0 Å². The van der Waals surface area contributed by atoms with Gasteiger partial charge in [0.15, 0.2) is 0 Å². The molecule has 162 valence electrons. The summed E-state index contributed by atoms with van der Waals surface area (Å²) >= 11 is 0. The third-order valence-electron chi connectivity index (χ3n) is 7.55. The zero-order valence-electron chi connectivity index (χ0n) is 19.1. The lowest BCUT2D eigenvalue weighted by Crippen LogP contribution is -2.58. The number of piperidine rings is 2. The van der Waals surface area contributed by atoms with Crippen LogP contribution in [0.1, 0.15) is 37.8 Å². The molecular weight excluding hydrogens is 366 g/mol. The third-order valence-corrected chi connectivity index (χ3v) is 7.55. The largest absolute Gasteiger partial charge is 0.298 e. The van der Waals surface area contributed by atoms with Gasteiger partial charge in [0, 0.05) is 38.3 Å². The lowest BCUT2D eigenvalue weighted by molar-refractivity contribution is -0.00231. The van der Waals surface area contributed by atoms with Gasteiger partial charge in [0.2, 0.25) is 0 Å². The normalized spacial score (nSPS) is 28.7. The highest BCUT2D eigenvalue weighted by molar-refractivity contribution is 5.15. The van der Waals surface area contributed by atoms with Crippen LogP contribution >= 0.6 is 0 Å². The van der Waals surface area contributed by atoms with Crippen molar-refractivity contribution in [1.29, 1.82) is 0 Å². The second-order valence-corrected chi connectivity index (χ2v) is 9.77. The average molecular weight is 406 g/mol. The van der Waals surface area contributed by atoms with Gasteiger partial charge >= 0.3 is 0 Å². The Balaban J connectivity index is 1.39. The number of nitrogens with zero attached hydrogens (tertiary/aromatic N) is 3. The molecule has 0 amide bonds. The molecule has 4 rings (SSSR count). The fourth-order valence-corrected chi connectivity index (χ4v) is 5.51. The van der Waals surface area contributed by atoms with Crippen molar-refractivity contribution in [2.24, 2.45) is 11.8 Å². The molecule has 4 unspecified atom stereocenters. The highest BCUT2D eigenvalue weighted by Gasteiger charge is 2.36. The van der Waals surface area contributed by atoms with E-state index in [0.29, 0.717) is 12.1 Å². The Hall–Kier alpha value is -1.68. The van der Waals surface area contributed by atoms with Crippen LogP contribution in [0.5, 0.6) is 0 Å². The zero-order valence-corrected chi connectivity index (χ0v) is 19.1. The number of rotatable bonds is 6. The number of likely N-dealkylation sites (N-methyl/N-ethyl adjacent to an activating group) is 1. The van der Waals surface area contributed by atoms with Gasteiger partial charge in [-0.2, -0.15) is 0 Å². The Bertz CT molecular complexity index is 697. The molecule has 0 spiro atoms. The molecule has 0 saturated carbocycles. The van der Waals surface area contributed by atoms with Crippen LogP contribution in [0.2, 0.25) is 0 Å². The van der Waals surface area contributed by atoms with Crippen LogP contribution in [0.25, 0.3) is 0 Å². The van der Waals surface area contributed by atoms with Gasteiger partial charge in [-0.25, -0.2) is 0 Å². The average Bonchev–Trinajstić information content (AvgIpc) is 2.77. The van der Waals surface area contributed by atoms with Crippen LogP contribution in [0.3, 0.4) is 0 Å². The smallest absolute Gasteiger partial charge is 0.0249 e. The Labute approximate surface area is 183 Å². The fraction of sp³-hybridized carbons (Fsp3) is 0.556. The first-order valence-corrected chi connectivity index (χ1v) is 11.8. The summed E-state index contributed by atoms with van der Waals surface area (Å²) in [4.78, 5) is 8.10. The second-order valence-electron chi connectivity index (χ2n) is 9.77. The summed E-state index contributed by atoms with van der Waals surface area (Å²) in [5.74, 6) is 1.53. The maximum atomic E-state index is 2.75. The molecule has 0 aliphatic carbocycles. The number of hydrogen-bond acceptors (Lipinski definition) is 3. The monoisotopic (exact) mass is 405 g/mol. The standard InChI is InChI=1S/C27H39N3/c1-22-14-16-29(18-24-10-6-4-7-11-24)20-26(22)28(3)27-21-30(17-15-23(27)2)19-25-12-8-5-9-13-25/h4-13,22-23,26-27H,14-21H2,1-3H3. The van der Waals surface area contributed by atoms with E-state index in [1.807, 2.05) is 0 Å². The minimum absolute atomic E-state index is 0.645. The van der Waals surface area contributed by atoms with Crippen molar-refractivity contribution >= 4 is 0 Å². The van der Waals surface area contributed by atoms with Crippen LogP contribution in [-0.2, 0) is 13.1 Å². The third kappa shape index (κ3) is 5.32. The molecule has 2 fully saturated rings. The molecule has 0 radical (unpaired) electrons. The first kappa shape index (κ1) is 21.5. The summed E-state index contributed by atoms with van der Waals surface area (Å²) in [6.45, 7) is 11.9. The lowest BCUT2D eigenvalue weighted by atomic mass is 9.86. The van der Waals surface area contributed by atoms with Gasteiger partial charge < -0.3 is 0 Å². The van der Waals surface area contributed by atoms with Crippen LogP contribution in [0.15, 0.2) is 60.7 Å². The molecule has 2 aromatic carbocycles.